The molecule has 4 rings (SSSR count). The quantitative estimate of drug-likeness (QED) is 0.629. The maximum absolute atomic E-state index is 12.4. The van der Waals surface area contributed by atoms with E-state index in [1.54, 1.807) is 4.90 Å². The van der Waals surface area contributed by atoms with E-state index >= 15 is 0 Å². The molecule has 0 aliphatic carbocycles. The van der Waals surface area contributed by atoms with E-state index in [2.05, 4.69) is 11.1 Å². The Morgan fingerprint density at radius 1 is 1.19 bits per heavy atom. The Kier molecular flexibility index (Phi) is 5.55. The van der Waals surface area contributed by atoms with E-state index in [1.807, 2.05) is 73.9 Å². The first-order valence-electron chi connectivity index (χ1n) is 10.4. The third-order valence-electron chi connectivity index (χ3n) is 5.15. The number of nitriles is 1. The highest BCUT2D eigenvalue weighted by atomic mass is 16.6. The lowest BCUT2D eigenvalue weighted by Crippen LogP contribution is -2.36. The van der Waals surface area contributed by atoms with Crippen LogP contribution in [0.3, 0.4) is 0 Å². The van der Waals surface area contributed by atoms with Crippen molar-refractivity contribution in [3.8, 4) is 12.1 Å². The molecule has 2 heterocycles. The van der Waals surface area contributed by atoms with Gasteiger partial charge in [-0.1, -0.05) is 30.3 Å². The normalized spacial score (nSPS) is 16.3. The zero-order valence-electron chi connectivity index (χ0n) is 18.0. The van der Waals surface area contributed by atoms with Crippen LogP contribution in [0.2, 0.25) is 0 Å². The number of likely N-dealkylation sites (tertiary alicyclic amines) is 1. The summed E-state index contributed by atoms with van der Waals surface area (Å²) in [5.74, 6) is 0. The summed E-state index contributed by atoms with van der Waals surface area (Å²) < 4.78 is 13.7. The fraction of sp³-hybridized carbons (Fsp3) is 0.375. The number of fused-ring (bicyclic) bond motifs is 1. The molecule has 7 nitrogen and oxygen atoms in total. The minimum absolute atomic E-state index is 0.172. The Hall–Kier alpha value is -3.53. The minimum Gasteiger partial charge on any atom is -0.459 e. The Labute approximate surface area is 181 Å². The van der Waals surface area contributed by atoms with Gasteiger partial charge in [0.15, 0.2) is 0 Å². The van der Waals surface area contributed by atoms with Crippen molar-refractivity contribution >= 4 is 17.1 Å². The van der Waals surface area contributed by atoms with E-state index in [9.17, 15) is 10.1 Å². The molecule has 0 radical (unpaired) electrons. The van der Waals surface area contributed by atoms with Crippen molar-refractivity contribution in [2.75, 3.05) is 13.1 Å². The predicted octanol–water partition coefficient (Wildman–Crippen LogP) is 4.34. The number of imidazole rings is 1. The monoisotopic (exact) mass is 418 g/mol. The standard InChI is InChI=1S/C24H26N4O3/c1-24(2,3)31-23(29)27-13-12-19(16-27)30-22-26-20-10-6-7-11-21(20)28(22)15-18-9-5-4-8-17(18)14-25/h4-11,19H,12-13,15-16H2,1-3H3/t19-/m0/s1. The Morgan fingerprint density at radius 3 is 2.71 bits per heavy atom. The van der Waals surface area contributed by atoms with E-state index in [0.717, 1.165) is 16.6 Å². The van der Waals surface area contributed by atoms with Crippen LogP contribution in [0, 0.1) is 11.3 Å². The smallest absolute Gasteiger partial charge is 0.410 e. The molecule has 2 aromatic carbocycles. The molecule has 1 amide bonds. The molecule has 160 valence electrons. The van der Waals surface area contributed by atoms with E-state index in [1.165, 1.54) is 0 Å². The van der Waals surface area contributed by atoms with Crippen molar-refractivity contribution in [2.45, 2.75) is 45.4 Å². The van der Waals surface area contributed by atoms with Gasteiger partial charge in [0.05, 0.1) is 35.8 Å². The molecule has 0 saturated carbocycles. The zero-order chi connectivity index (χ0) is 22.0. The van der Waals surface area contributed by atoms with Crippen LogP contribution in [0.1, 0.15) is 38.3 Å². The van der Waals surface area contributed by atoms with Crippen LogP contribution in [0.5, 0.6) is 6.01 Å². The fourth-order valence-electron chi connectivity index (χ4n) is 3.70. The summed E-state index contributed by atoms with van der Waals surface area (Å²) in [6.07, 6.45) is 0.210. The van der Waals surface area contributed by atoms with Crippen molar-refractivity contribution in [1.29, 1.82) is 5.26 Å². The molecule has 1 fully saturated rings. The third kappa shape index (κ3) is 4.64. The highest BCUT2D eigenvalue weighted by Gasteiger charge is 2.32. The van der Waals surface area contributed by atoms with Gasteiger partial charge in [-0.05, 0) is 44.5 Å². The lowest BCUT2D eigenvalue weighted by molar-refractivity contribution is 0.0273. The maximum Gasteiger partial charge on any atom is 0.410 e. The minimum atomic E-state index is -0.530. The van der Waals surface area contributed by atoms with E-state index < -0.39 is 5.60 Å². The van der Waals surface area contributed by atoms with Crippen molar-refractivity contribution in [3.63, 3.8) is 0 Å². The van der Waals surface area contributed by atoms with Crippen LogP contribution >= 0.6 is 0 Å². The number of hydrogen-bond donors (Lipinski definition) is 0. The number of aromatic nitrogens is 2. The first kappa shape index (κ1) is 20.7. The topological polar surface area (TPSA) is 80.4 Å². The average molecular weight is 418 g/mol. The van der Waals surface area contributed by atoms with Crippen LogP contribution in [0.4, 0.5) is 4.79 Å². The number of nitrogens with zero attached hydrogens (tertiary/aromatic N) is 4. The molecule has 1 aliphatic rings. The SMILES string of the molecule is CC(C)(C)OC(=O)N1CC[C@H](Oc2nc3ccccc3n2Cc2ccccc2C#N)C1. The Bertz CT molecular complexity index is 1140. The highest BCUT2D eigenvalue weighted by molar-refractivity contribution is 5.77. The highest BCUT2D eigenvalue weighted by Crippen LogP contribution is 2.26. The predicted molar refractivity (Wildman–Crippen MR) is 117 cm³/mol. The van der Waals surface area contributed by atoms with Crippen LogP contribution < -0.4 is 4.74 Å². The number of carbonyl (C=O) groups excluding carboxylic acids is 1. The maximum atomic E-state index is 12.4. The number of amides is 1. The van der Waals surface area contributed by atoms with E-state index in [-0.39, 0.29) is 12.2 Å². The molecular formula is C24H26N4O3. The van der Waals surface area contributed by atoms with E-state index in [0.29, 0.717) is 37.6 Å². The number of para-hydroxylation sites is 2. The molecule has 0 bridgehead atoms. The molecule has 1 atom stereocenters. The van der Waals surface area contributed by atoms with Gasteiger partial charge in [-0.2, -0.15) is 10.2 Å². The van der Waals surface area contributed by atoms with Crippen LogP contribution in [-0.4, -0.2) is 45.3 Å². The van der Waals surface area contributed by atoms with Gasteiger partial charge < -0.3 is 14.4 Å². The Morgan fingerprint density at radius 2 is 1.94 bits per heavy atom. The third-order valence-corrected chi connectivity index (χ3v) is 5.15. The van der Waals surface area contributed by atoms with Gasteiger partial charge >= 0.3 is 6.09 Å². The van der Waals surface area contributed by atoms with Gasteiger partial charge in [0.2, 0.25) is 0 Å². The largest absolute Gasteiger partial charge is 0.459 e. The molecule has 1 aliphatic heterocycles. The summed E-state index contributed by atoms with van der Waals surface area (Å²) in [6.45, 7) is 7.08. The second kappa shape index (κ2) is 8.31. The van der Waals surface area contributed by atoms with Crippen molar-refractivity contribution in [1.82, 2.24) is 14.5 Å². The lowest BCUT2D eigenvalue weighted by atomic mass is 10.1. The molecule has 1 saturated heterocycles. The summed E-state index contributed by atoms with van der Waals surface area (Å²) >= 11 is 0. The lowest BCUT2D eigenvalue weighted by Gasteiger charge is -2.24. The van der Waals surface area contributed by atoms with Crippen LogP contribution in [0.15, 0.2) is 48.5 Å². The molecular weight excluding hydrogens is 392 g/mol. The van der Waals surface area contributed by atoms with Gasteiger partial charge in [-0.15, -0.1) is 0 Å². The molecule has 7 heteroatoms. The van der Waals surface area contributed by atoms with E-state index in [4.69, 9.17) is 9.47 Å². The number of ether oxygens (including phenoxy) is 2. The first-order chi connectivity index (χ1) is 14.8. The summed E-state index contributed by atoms with van der Waals surface area (Å²) in [4.78, 5) is 18.7. The van der Waals surface area contributed by atoms with Gasteiger partial charge in [0, 0.05) is 13.0 Å². The average Bonchev–Trinajstić information content (AvgIpc) is 3.33. The molecule has 31 heavy (non-hydrogen) atoms. The van der Waals surface area contributed by atoms with Gasteiger partial charge in [-0.25, -0.2) is 4.79 Å². The van der Waals surface area contributed by atoms with Gasteiger partial charge in [-0.3, -0.25) is 4.57 Å². The van der Waals surface area contributed by atoms with Gasteiger partial charge in [0.25, 0.3) is 6.01 Å². The summed E-state index contributed by atoms with van der Waals surface area (Å²) in [5, 5.41) is 9.47. The van der Waals surface area contributed by atoms with Crippen molar-refractivity contribution in [2.24, 2.45) is 0 Å². The summed E-state index contributed by atoms with van der Waals surface area (Å²) in [6, 6.07) is 18.1. The van der Waals surface area contributed by atoms with Crippen molar-refractivity contribution in [3.05, 3.63) is 59.7 Å². The molecule has 1 aromatic heterocycles. The number of carbonyl (C=O) groups is 1. The van der Waals surface area contributed by atoms with Crippen LogP contribution in [-0.2, 0) is 11.3 Å². The second-order valence-electron chi connectivity index (χ2n) is 8.69. The number of hydrogen-bond acceptors (Lipinski definition) is 5. The van der Waals surface area contributed by atoms with Crippen molar-refractivity contribution < 1.29 is 14.3 Å². The van der Waals surface area contributed by atoms with Crippen LogP contribution in [0.25, 0.3) is 11.0 Å². The molecule has 0 unspecified atom stereocenters. The zero-order valence-corrected chi connectivity index (χ0v) is 18.0. The molecule has 0 spiro atoms. The summed E-state index contributed by atoms with van der Waals surface area (Å²) in [7, 11) is 0. The summed E-state index contributed by atoms with van der Waals surface area (Å²) in [5.41, 5.74) is 2.77. The fourth-order valence-corrected chi connectivity index (χ4v) is 3.70. The number of rotatable bonds is 4. The number of benzene rings is 2. The molecule has 0 N–H and O–H groups in total. The van der Waals surface area contributed by atoms with Gasteiger partial charge in [0.1, 0.15) is 11.7 Å². The molecule has 3 aromatic rings. The Balaban J connectivity index is 1.57. The second-order valence-corrected chi connectivity index (χ2v) is 8.69. The first-order valence-corrected chi connectivity index (χ1v) is 10.4.